The number of nitrogens with zero attached hydrogens (tertiary/aromatic N) is 1. The molecule has 0 unspecified atom stereocenters. The van der Waals surface area contributed by atoms with Gasteiger partial charge in [-0.1, -0.05) is 30.3 Å². The third-order valence-corrected chi connectivity index (χ3v) is 3.76. The van der Waals surface area contributed by atoms with Crippen LogP contribution in [0.1, 0.15) is 23.5 Å². The molecule has 4 nitrogen and oxygen atoms in total. The molecule has 1 aromatic heterocycles. The second kappa shape index (κ2) is 8.34. The van der Waals surface area contributed by atoms with Crippen molar-refractivity contribution in [2.45, 2.75) is 19.4 Å². The number of carbonyl (C=O) groups is 1. The Morgan fingerprint density at radius 2 is 1.90 bits per heavy atom. The van der Waals surface area contributed by atoms with E-state index >= 15 is 0 Å². The lowest BCUT2D eigenvalue weighted by molar-refractivity contribution is 0.0919. The number of amides is 1. The summed E-state index contributed by atoms with van der Waals surface area (Å²) in [5, 5.41) is 3.74. The molecule has 3 N–H and O–H groups in total. The zero-order valence-electron chi connectivity index (χ0n) is 11.8. The summed E-state index contributed by atoms with van der Waals surface area (Å²) in [5.74, 6) is -0.130. The predicted octanol–water partition coefficient (Wildman–Crippen LogP) is 3.12. The molecule has 0 saturated carbocycles. The fourth-order valence-corrected chi connectivity index (χ4v) is 2.33. The second-order valence-electron chi connectivity index (χ2n) is 4.94. The number of thiazole rings is 1. The fourth-order valence-electron chi connectivity index (χ4n) is 1.51. The molecule has 116 valence electrons. The maximum Gasteiger partial charge on any atom is 0.263 e. The molecule has 0 atom stereocenters. The summed E-state index contributed by atoms with van der Waals surface area (Å²) in [6, 6.07) is 9.81. The lowest BCUT2D eigenvalue weighted by atomic mass is 10.1. The minimum Gasteiger partial charge on any atom is -0.345 e. The molecule has 0 bridgehead atoms. The van der Waals surface area contributed by atoms with Crippen LogP contribution in [0.2, 0.25) is 0 Å². The molecular formula is C14H19Cl2N3OS. The van der Waals surface area contributed by atoms with Crippen LogP contribution in [0, 0.1) is 0 Å². The first-order chi connectivity index (χ1) is 9.02. The van der Waals surface area contributed by atoms with Crippen molar-refractivity contribution < 1.29 is 4.79 Å². The van der Waals surface area contributed by atoms with E-state index < -0.39 is 5.54 Å². The van der Waals surface area contributed by atoms with Gasteiger partial charge < -0.3 is 11.1 Å². The van der Waals surface area contributed by atoms with Crippen molar-refractivity contribution in [2.24, 2.45) is 5.73 Å². The predicted molar refractivity (Wildman–Crippen MR) is 92.6 cm³/mol. The molecule has 7 heteroatoms. The number of carbonyl (C=O) groups excluding carboxylic acids is 1. The van der Waals surface area contributed by atoms with E-state index in [9.17, 15) is 4.79 Å². The van der Waals surface area contributed by atoms with E-state index in [4.69, 9.17) is 5.73 Å². The van der Waals surface area contributed by atoms with Crippen LogP contribution in [-0.2, 0) is 0 Å². The van der Waals surface area contributed by atoms with Gasteiger partial charge in [0.2, 0.25) is 0 Å². The minimum atomic E-state index is -0.409. The molecule has 2 rings (SSSR count). The molecule has 21 heavy (non-hydrogen) atoms. The van der Waals surface area contributed by atoms with E-state index in [0.717, 1.165) is 10.6 Å². The van der Waals surface area contributed by atoms with Crippen LogP contribution in [0.15, 0.2) is 36.5 Å². The number of nitrogens with one attached hydrogen (secondary N) is 1. The lowest BCUT2D eigenvalue weighted by Gasteiger charge is -2.23. The Morgan fingerprint density at radius 1 is 1.29 bits per heavy atom. The van der Waals surface area contributed by atoms with E-state index in [1.54, 1.807) is 6.20 Å². The van der Waals surface area contributed by atoms with Gasteiger partial charge in [0.15, 0.2) is 0 Å². The average Bonchev–Trinajstić information content (AvgIpc) is 2.89. The first-order valence-electron chi connectivity index (χ1n) is 6.06. The fraction of sp³-hybridized carbons (Fsp3) is 0.286. The van der Waals surface area contributed by atoms with Gasteiger partial charge in [0, 0.05) is 17.6 Å². The average molecular weight is 348 g/mol. The Kier molecular flexibility index (Phi) is 7.89. The second-order valence-corrected chi connectivity index (χ2v) is 5.97. The summed E-state index contributed by atoms with van der Waals surface area (Å²) >= 11 is 1.38. The molecule has 0 aliphatic heterocycles. The molecule has 0 fully saturated rings. The normalized spacial score (nSPS) is 10.2. The molecule has 1 heterocycles. The Bertz CT molecular complexity index is 573. The molecular weight excluding hydrogens is 329 g/mol. The van der Waals surface area contributed by atoms with Gasteiger partial charge in [-0.05, 0) is 13.8 Å². The van der Waals surface area contributed by atoms with E-state index in [1.807, 2.05) is 44.2 Å². The number of benzene rings is 1. The summed E-state index contributed by atoms with van der Waals surface area (Å²) in [7, 11) is 0. The summed E-state index contributed by atoms with van der Waals surface area (Å²) in [5.41, 5.74) is 6.21. The van der Waals surface area contributed by atoms with Crippen molar-refractivity contribution >= 4 is 42.1 Å². The standard InChI is InChI=1S/C14H17N3OS.2ClH/c1-14(2,9-15)17-12(18)11-8-16-13(19-11)10-6-4-3-5-7-10;;/h3-8H,9,15H2,1-2H3,(H,17,18);2*1H. The Labute approximate surface area is 141 Å². The summed E-state index contributed by atoms with van der Waals surface area (Å²) in [6.45, 7) is 4.18. The molecule has 0 aliphatic rings. The number of rotatable bonds is 4. The third kappa shape index (κ3) is 5.28. The highest BCUT2D eigenvalue weighted by atomic mass is 35.5. The molecule has 0 radical (unpaired) electrons. The SMILES string of the molecule is CC(C)(CN)NC(=O)c1cnc(-c2ccccc2)s1.Cl.Cl. The maximum atomic E-state index is 12.1. The smallest absolute Gasteiger partial charge is 0.263 e. The Balaban J connectivity index is 0.00000200. The third-order valence-electron chi connectivity index (χ3n) is 2.71. The van der Waals surface area contributed by atoms with Crippen LogP contribution < -0.4 is 11.1 Å². The van der Waals surface area contributed by atoms with E-state index in [-0.39, 0.29) is 30.7 Å². The van der Waals surface area contributed by atoms with Crippen LogP contribution in [0.5, 0.6) is 0 Å². The zero-order valence-corrected chi connectivity index (χ0v) is 14.3. The van der Waals surface area contributed by atoms with Gasteiger partial charge in [-0.15, -0.1) is 36.2 Å². The topological polar surface area (TPSA) is 68.0 Å². The van der Waals surface area contributed by atoms with Crippen molar-refractivity contribution in [3.63, 3.8) is 0 Å². The molecule has 0 saturated heterocycles. The van der Waals surface area contributed by atoms with Crippen LogP contribution in [-0.4, -0.2) is 23.0 Å². The first kappa shape index (κ1) is 19.9. The number of hydrogen-bond acceptors (Lipinski definition) is 4. The molecule has 0 spiro atoms. The summed E-state index contributed by atoms with van der Waals surface area (Å²) in [6.07, 6.45) is 1.61. The van der Waals surface area contributed by atoms with Gasteiger partial charge in [-0.25, -0.2) is 4.98 Å². The number of aromatic nitrogens is 1. The van der Waals surface area contributed by atoms with Crippen molar-refractivity contribution in [3.8, 4) is 10.6 Å². The van der Waals surface area contributed by atoms with Crippen molar-refractivity contribution in [1.29, 1.82) is 0 Å². The maximum absolute atomic E-state index is 12.1. The van der Waals surface area contributed by atoms with E-state index in [2.05, 4.69) is 10.3 Å². The monoisotopic (exact) mass is 347 g/mol. The number of hydrogen-bond donors (Lipinski definition) is 2. The van der Waals surface area contributed by atoms with Gasteiger partial charge in [0.05, 0.1) is 6.20 Å². The highest BCUT2D eigenvalue weighted by Crippen LogP contribution is 2.24. The quantitative estimate of drug-likeness (QED) is 0.892. The number of halogens is 2. The van der Waals surface area contributed by atoms with Crippen LogP contribution in [0.4, 0.5) is 0 Å². The Hall–Kier alpha value is -1.14. The highest BCUT2D eigenvalue weighted by Gasteiger charge is 2.20. The molecule has 1 aromatic carbocycles. The molecule has 1 amide bonds. The summed E-state index contributed by atoms with van der Waals surface area (Å²) in [4.78, 5) is 17.0. The van der Waals surface area contributed by atoms with Crippen LogP contribution in [0.25, 0.3) is 10.6 Å². The van der Waals surface area contributed by atoms with E-state index in [1.165, 1.54) is 11.3 Å². The van der Waals surface area contributed by atoms with E-state index in [0.29, 0.717) is 11.4 Å². The van der Waals surface area contributed by atoms with Gasteiger partial charge in [-0.3, -0.25) is 4.79 Å². The van der Waals surface area contributed by atoms with Gasteiger partial charge >= 0.3 is 0 Å². The largest absolute Gasteiger partial charge is 0.345 e. The minimum absolute atomic E-state index is 0. The first-order valence-corrected chi connectivity index (χ1v) is 6.87. The van der Waals surface area contributed by atoms with Crippen molar-refractivity contribution in [1.82, 2.24) is 10.3 Å². The van der Waals surface area contributed by atoms with Crippen molar-refractivity contribution in [2.75, 3.05) is 6.54 Å². The van der Waals surface area contributed by atoms with Gasteiger partial charge in [0.1, 0.15) is 9.88 Å². The van der Waals surface area contributed by atoms with Crippen LogP contribution >= 0.6 is 36.2 Å². The summed E-state index contributed by atoms with van der Waals surface area (Å²) < 4.78 is 0. The van der Waals surface area contributed by atoms with Gasteiger partial charge in [-0.2, -0.15) is 0 Å². The zero-order chi connectivity index (χ0) is 13.9. The highest BCUT2D eigenvalue weighted by molar-refractivity contribution is 7.16. The van der Waals surface area contributed by atoms with Crippen LogP contribution in [0.3, 0.4) is 0 Å². The Morgan fingerprint density at radius 3 is 2.48 bits per heavy atom. The lowest BCUT2D eigenvalue weighted by Crippen LogP contribution is -2.48. The van der Waals surface area contributed by atoms with Gasteiger partial charge in [0.25, 0.3) is 5.91 Å². The van der Waals surface area contributed by atoms with Crippen molar-refractivity contribution in [3.05, 3.63) is 41.4 Å². The number of nitrogens with two attached hydrogens (primary N) is 1. The molecule has 2 aromatic rings. The molecule has 0 aliphatic carbocycles.